The van der Waals surface area contributed by atoms with E-state index in [2.05, 4.69) is 15.9 Å². The number of carbonyl (C=O) groups is 2. The summed E-state index contributed by atoms with van der Waals surface area (Å²) in [7, 11) is 1.27. The second-order valence-corrected chi connectivity index (χ2v) is 8.86. The number of benzene rings is 2. The highest BCUT2D eigenvalue weighted by Gasteiger charge is 2.48. The van der Waals surface area contributed by atoms with Gasteiger partial charge in [0, 0.05) is 15.8 Å². The van der Waals surface area contributed by atoms with Crippen molar-refractivity contribution in [1.82, 2.24) is 0 Å². The lowest BCUT2D eigenvalue weighted by atomic mass is 9.82. The minimum Gasteiger partial charge on any atom is -0.469 e. The normalized spacial score (nSPS) is 26.6. The SMILES string of the molecule is COC(=O)[C@H]1C[C@H](OC(=O)c2ccc(Br)cc2)[C@H](O)[C@H](O)[C@H]1Sc1ccccc1. The van der Waals surface area contributed by atoms with E-state index in [4.69, 9.17) is 9.47 Å². The number of halogens is 1. The summed E-state index contributed by atoms with van der Waals surface area (Å²) >= 11 is 4.59. The van der Waals surface area contributed by atoms with E-state index in [-0.39, 0.29) is 6.42 Å². The highest BCUT2D eigenvalue weighted by Crippen LogP contribution is 2.39. The topological polar surface area (TPSA) is 93.1 Å². The fourth-order valence-electron chi connectivity index (χ4n) is 3.28. The Kier molecular flexibility index (Phi) is 7.34. The quantitative estimate of drug-likeness (QED) is 0.635. The first kappa shape index (κ1) is 21.8. The summed E-state index contributed by atoms with van der Waals surface area (Å²) in [6.45, 7) is 0. The Morgan fingerprint density at radius 3 is 2.31 bits per heavy atom. The maximum absolute atomic E-state index is 12.4. The highest BCUT2D eigenvalue weighted by molar-refractivity contribution is 9.10. The lowest BCUT2D eigenvalue weighted by molar-refractivity contribution is -0.156. The molecule has 0 heterocycles. The smallest absolute Gasteiger partial charge is 0.338 e. The van der Waals surface area contributed by atoms with Crippen molar-refractivity contribution >= 4 is 39.6 Å². The summed E-state index contributed by atoms with van der Waals surface area (Å²) in [5, 5.41) is 20.7. The van der Waals surface area contributed by atoms with Crippen LogP contribution in [0.25, 0.3) is 0 Å². The monoisotopic (exact) mass is 480 g/mol. The molecule has 0 radical (unpaired) electrons. The molecule has 0 bridgehead atoms. The zero-order chi connectivity index (χ0) is 21.0. The van der Waals surface area contributed by atoms with Crippen molar-refractivity contribution in [2.45, 2.75) is 34.9 Å². The van der Waals surface area contributed by atoms with E-state index in [0.717, 1.165) is 9.37 Å². The predicted octanol–water partition coefficient (Wildman–Crippen LogP) is 3.05. The summed E-state index contributed by atoms with van der Waals surface area (Å²) in [5.74, 6) is -1.90. The predicted molar refractivity (Wildman–Crippen MR) is 112 cm³/mol. The van der Waals surface area contributed by atoms with Gasteiger partial charge in [-0.25, -0.2) is 4.79 Å². The highest BCUT2D eigenvalue weighted by atomic mass is 79.9. The van der Waals surface area contributed by atoms with Crippen LogP contribution in [0.1, 0.15) is 16.8 Å². The van der Waals surface area contributed by atoms with E-state index in [1.54, 1.807) is 24.3 Å². The first-order valence-corrected chi connectivity index (χ1v) is 10.7. The maximum Gasteiger partial charge on any atom is 0.338 e. The van der Waals surface area contributed by atoms with Gasteiger partial charge in [0.15, 0.2) is 0 Å². The molecule has 0 saturated heterocycles. The number of carbonyl (C=O) groups excluding carboxylic acids is 2. The number of hydrogen-bond donors (Lipinski definition) is 2. The maximum atomic E-state index is 12.4. The Morgan fingerprint density at radius 1 is 1.03 bits per heavy atom. The van der Waals surface area contributed by atoms with Crippen LogP contribution in [-0.2, 0) is 14.3 Å². The van der Waals surface area contributed by atoms with E-state index >= 15 is 0 Å². The molecule has 6 nitrogen and oxygen atoms in total. The third-order valence-corrected chi connectivity index (χ3v) is 6.76. The molecule has 0 spiro atoms. The molecule has 5 atom stereocenters. The van der Waals surface area contributed by atoms with Crippen LogP contribution in [0.3, 0.4) is 0 Å². The largest absolute Gasteiger partial charge is 0.469 e. The number of ether oxygens (including phenoxy) is 2. The molecule has 8 heteroatoms. The van der Waals surface area contributed by atoms with Crippen LogP contribution < -0.4 is 0 Å². The summed E-state index contributed by atoms with van der Waals surface area (Å²) in [5.41, 5.74) is 0.310. The molecule has 1 aliphatic carbocycles. The van der Waals surface area contributed by atoms with Gasteiger partial charge in [0.1, 0.15) is 12.2 Å². The molecule has 2 aromatic carbocycles. The number of thioether (sulfide) groups is 1. The van der Waals surface area contributed by atoms with E-state index in [9.17, 15) is 19.8 Å². The van der Waals surface area contributed by atoms with Crippen LogP contribution in [0.5, 0.6) is 0 Å². The van der Waals surface area contributed by atoms with Crippen molar-refractivity contribution in [2.75, 3.05) is 7.11 Å². The van der Waals surface area contributed by atoms with Crippen molar-refractivity contribution in [3.05, 3.63) is 64.6 Å². The first-order chi connectivity index (χ1) is 13.9. The van der Waals surface area contributed by atoms with Crippen LogP contribution in [0, 0.1) is 5.92 Å². The van der Waals surface area contributed by atoms with Gasteiger partial charge in [0.2, 0.25) is 0 Å². The average molecular weight is 481 g/mol. The van der Waals surface area contributed by atoms with Gasteiger partial charge in [-0.1, -0.05) is 34.1 Å². The molecule has 0 unspecified atom stereocenters. The Labute approximate surface area is 181 Å². The lowest BCUT2D eigenvalue weighted by Gasteiger charge is -2.40. The molecular formula is C21H21BrO6S. The van der Waals surface area contributed by atoms with Crippen molar-refractivity contribution < 1.29 is 29.3 Å². The molecule has 1 aliphatic rings. The van der Waals surface area contributed by atoms with E-state index in [0.29, 0.717) is 5.56 Å². The molecule has 1 saturated carbocycles. The number of aliphatic hydroxyl groups is 2. The fourth-order valence-corrected chi connectivity index (χ4v) is 4.85. The third kappa shape index (κ3) is 5.19. The molecule has 0 aromatic heterocycles. The third-order valence-electron chi connectivity index (χ3n) is 4.81. The van der Waals surface area contributed by atoms with Crippen LogP contribution >= 0.6 is 27.7 Å². The first-order valence-electron chi connectivity index (χ1n) is 9.03. The van der Waals surface area contributed by atoms with Gasteiger partial charge in [-0.15, -0.1) is 11.8 Å². The van der Waals surface area contributed by atoms with Crippen LogP contribution in [0.4, 0.5) is 0 Å². The second kappa shape index (κ2) is 9.75. The zero-order valence-electron chi connectivity index (χ0n) is 15.6. The van der Waals surface area contributed by atoms with Crippen LogP contribution in [0.2, 0.25) is 0 Å². The number of aliphatic hydroxyl groups excluding tert-OH is 2. The van der Waals surface area contributed by atoms with Gasteiger partial charge in [0.25, 0.3) is 0 Å². The molecule has 0 aliphatic heterocycles. The molecule has 0 amide bonds. The summed E-state index contributed by atoms with van der Waals surface area (Å²) in [4.78, 5) is 25.7. The number of methoxy groups -OCH3 is 1. The Hall–Kier alpha value is -1.87. The van der Waals surface area contributed by atoms with Crippen LogP contribution in [-0.4, -0.2) is 52.8 Å². The second-order valence-electron chi connectivity index (χ2n) is 6.69. The Balaban J connectivity index is 1.78. The number of esters is 2. The van der Waals surface area contributed by atoms with Gasteiger partial charge in [-0.05, 0) is 36.4 Å². The number of rotatable bonds is 5. The summed E-state index contributed by atoms with van der Waals surface area (Å²) in [6.07, 6.45) is -3.58. The molecule has 2 aromatic rings. The van der Waals surface area contributed by atoms with Gasteiger partial charge < -0.3 is 19.7 Å². The van der Waals surface area contributed by atoms with Gasteiger partial charge >= 0.3 is 11.9 Å². The van der Waals surface area contributed by atoms with Crippen LogP contribution in [0.15, 0.2) is 64.0 Å². The Bertz CT molecular complexity index is 844. The standard InChI is InChI=1S/C21H21BrO6S/c1-27-21(26)15-11-16(28-20(25)12-7-9-13(22)10-8-12)17(23)18(24)19(15)29-14-5-3-2-4-6-14/h2-10,15-19,23-24H,11H2,1H3/t15-,16-,17-,18-,19-/m0/s1. The fraction of sp³-hybridized carbons (Fsp3) is 0.333. The average Bonchev–Trinajstić information content (AvgIpc) is 2.74. The summed E-state index contributed by atoms with van der Waals surface area (Å²) < 4.78 is 11.2. The minimum absolute atomic E-state index is 0.0532. The van der Waals surface area contributed by atoms with Crippen molar-refractivity contribution in [2.24, 2.45) is 5.92 Å². The van der Waals surface area contributed by atoms with E-state index in [1.807, 2.05) is 30.3 Å². The summed E-state index contributed by atoms with van der Waals surface area (Å²) in [6, 6.07) is 15.9. The van der Waals surface area contributed by atoms with Crippen molar-refractivity contribution in [3.8, 4) is 0 Å². The zero-order valence-corrected chi connectivity index (χ0v) is 18.0. The van der Waals surface area contributed by atoms with E-state index < -0.39 is 41.4 Å². The molecule has 2 N–H and O–H groups in total. The molecular weight excluding hydrogens is 460 g/mol. The Morgan fingerprint density at radius 2 is 1.69 bits per heavy atom. The van der Waals surface area contributed by atoms with E-state index in [1.165, 1.54) is 18.9 Å². The number of hydrogen-bond acceptors (Lipinski definition) is 7. The molecule has 1 fully saturated rings. The molecule has 3 rings (SSSR count). The van der Waals surface area contributed by atoms with Crippen molar-refractivity contribution in [1.29, 1.82) is 0 Å². The molecule has 29 heavy (non-hydrogen) atoms. The lowest BCUT2D eigenvalue weighted by Crippen LogP contribution is -2.55. The van der Waals surface area contributed by atoms with Gasteiger partial charge in [-0.2, -0.15) is 0 Å². The van der Waals surface area contributed by atoms with Gasteiger partial charge in [-0.3, -0.25) is 4.79 Å². The van der Waals surface area contributed by atoms with Crippen molar-refractivity contribution in [3.63, 3.8) is 0 Å². The van der Waals surface area contributed by atoms with Gasteiger partial charge in [0.05, 0.1) is 29.9 Å². The molecule has 154 valence electrons. The minimum atomic E-state index is -1.32.